The highest BCUT2D eigenvalue weighted by Gasteiger charge is 2.38. The summed E-state index contributed by atoms with van der Waals surface area (Å²) < 4.78 is 37.2. The van der Waals surface area contributed by atoms with Gasteiger partial charge in [0.1, 0.15) is 11.9 Å². The van der Waals surface area contributed by atoms with Crippen molar-refractivity contribution < 1.29 is 37.7 Å². The first kappa shape index (κ1) is 29.3. The Morgan fingerprint density at radius 2 is 1.63 bits per heavy atom. The van der Waals surface area contributed by atoms with Crippen LogP contribution in [0.1, 0.15) is 24.1 Å². The van der Waals surface area contributed by atoms with Crippen molar-refractivity contribution in [3.8, 4) is 11.5 Å². The van der Waals surface area contributed by atoms with E-state index < -0.39 is 18.2 Å². The molecule has 0 heterocycles. The second kappa shape index (κ2) is 13.4. The first-order valence-electron chi connectivity index (χ1n) is 11.0. The summed E-state index contributed by atoms with van der Waals surface area (Å²) in [6.07, 6.45) is -5.08. The lowest BCUT2D eigenvalue weighted by Crippen LogP contribution is -2.37. The number of carboxylic acids is 1. The fourth-order valence-corrected chi connectivity index (χ4v) is 2.92. The van der Waals surface area contributed by atoms with Crippen LogP contribution < -0.4 is 26.6 Å². The van der Waals surface area contributed by atoms with E-state index in [2.05, 4.69) is 16.2 Å². The zero-order valence-corrected chi connectivity index (χ0v) is 20.0. The summed E-state index contributed by atoms with van der Waals surface area (Å²) in [5.74, 6) is -2.84. The number of carbonyl (C=O) groups is 2. The number of phenols is 1. The number of alkyl halides is 3. The number of aliphatic carboxylic acids is 1. The predicted octanol–water partition coefficient (Wildman–Crippen LogP) is 4.00. The molecule has 0 aliphatic carbocycles. The fourth-order valence-electron chi connectivity index (χ4n) is 2.92. The number of hydrazine groups is 1. The number of carboxylic acid groups (broad SMARTS) is 1. The summed E-state index contributed by atoms with van der Waals surface area (Å²) in [6, 6.07) is 20.1. The van der Waals surface area contributed by atoms with Crippen LogP contribution in [-0.2, 0) is 9.59 Å². The Morgan fingerprint density at radius 3 is 2.16 bits per heavy atom. The molecule has 202 valence electrons. The number of hydrogen-bond acceptors (Lipinski definition) is 7. The molecule has 13 heteroatoms. The Morgan fingerprint density at radius 1 is 1.03 bits per heavy atom. The third-order valence-electron chi connectivity index (χ3n) is 4.73. The normalized spacial score (nSPS) is 11.3. The second-order valence-electron chi connectivity index (χ2n) is 7.51. The van der Waals surface area contributed by atoms with Crippen molar-refractivity contribution in [2.24, 2.45) is 5.73 Å². The van der Waals surface area contributed by atoms with Crippen molar-refractivity contribution >= 4 is 29.1 Å². The number of benzene rings is 3. The molecule has 0 saturated heterocycles. The van der Waals surface area contributed by atoms with E-state index in [1.807, 2.05) is 37.3 Å². The fraction of sp³-hybridized carbons (Fsp3) is 0.160. The number of nitrogen functional groups attached to an aromatic ring is 1. The Bertz CT molecular complexity index is 1240. The SMILES string of the molecule is CCOc1cc(C(Nc2ccc(C(=N)N)cc2)C(=O)NNc2ccccc2)ccc1O.O=C(O)C(F)(F)F. The number of para-hydroxylation sites is 1. The van der Waals surface area contributed by atoms with Gasteiger partial charge in [-0.3, -0.25) is 21.1 Å². The van der Waals surface area contributed by atoms with Crippen LogP contribution in [0.4, 0.5) is 24.5 Å². The lowest BCUT2D eigenvalue weighted by molar-refractivity contribution is -0.192. The first-order chi connectivity index (χ1) is 17.9. The van der Waals surface area contributed by atoms with Crippen LogP contribution in [0.15, 0.2) is 72.8 Å². The lowest BCUT2D eigenvalue weighted by atomic mass is 10.0. The Kier molecular flexibility index (Phi) is 10.3. The van der Waals surface area contributed by atoms with Gasteiger partial charge in [-0.1, -0.05) is 24.3 Å². The number of amidine groups is 1. The Balaban J connectivity index is 0.000000638. The van der Waals surface area contributed by atoms with Gasteiger partial charge in [0.05, 0.1) is 12.3 Å². The smallest absolute Gasteiger partial charge is 0.490 e. The topological polar surface area (TPSA) is 170 Å². The largest absolute Gasteiger partial charge is 0.504 e. The summed E-state index contributed by atoms with van der Waals surface area (Å²) in [5.41, 5.74) is 13.7. The van der Waals surface area contributed by atoms with Gasteiger partial charge < -0.3 is 26.0 Å². The minimum absolute atomic E-state index is 0.00187. The third-order valence-corrected chi connectivity index (χ3v) is 4.73. The van der Waals surface area contributed by atoms with Crippen molar-refractivity contribution in [3.63, 3.8) is 0 Å². The molecule has 0 bridgehead atoms. The van der Waals surface area contributed by atoms with Crippen LogP contribution in [0.2, 0.25) is 0 Å². The van der Waals surface area contributed by atoms with E-state index >= 15 is 0 Å². The molecular weight excluding hydrogens is 507 g/mol. The highest BCUT2D eigenvalue weighted by atomic mass is 19.4. The quantitative estimate of drug-likeness (QED) is 0.123. The summed E-state index contributed by atoms with van der Waals surface area (Å²) in [7, 11) is 0. The molecule has 10 nitrogen and oxygen atoms in total. The predicted molar refractivity (Wildman–Crippen MR) is 135 cm³/mol. The molecule has 0 fully saturated rings. The highest BCUT2D eigenvalue weighted by molar-refractivity contribution is 5.95. The van der Waals surface area contributed by atoms with Gasteiger partial charge in [0, 0.05) is 11.3 Å². The number of nitrogens with one attached hydrogen (secondary N) is 4. The van der Waals surface area contributed by atoms with Gasteiger partial charge >= 0.3 is 12.1 Å². The van der Waals surface area contributed by atoms with Crippen LogP contribution in [0.5, 0.6) is 11.5 Å². The summed E-state index contributed by atoms with van der Waals surface area (Å²) in [6.45, 7) is 2.19. The van der Waals surface area contributed by atoms with E-state index in [0.717, 1.165) is 5.69 Å². The van der Waals surface area contributed by atoms with Gasteiger partial charge in [0.2, 0.25) is 0 Å². The maximum atomic E-state index is 13.1. The molecule has 38 heavy (non-hydrogen) atoms. The zero-order valence-electron chi connectivity index (χ0n) is 20.0. The molecule has 0 radical (unpaired) electrons. The molecule has 3 aromatic carbocycles. The van der Waals surface area contributed by atoms with Crippen molar-refractivity contribution in [1.29, 1.82) is 5.41 Å². The third kappa shape index (κ3) is 8.93. The average Bonchev–Trinajstić information content (AvgIpc) is 2.88. The van der Waals surface area contributed by atoms with Crippen LogP contribution in [0.25, 0.3) is 0 Å². The van der Waals surface area contributed by atoms with E-state index in [4.69, 9.17) is 25.8 Å². The van der Waals surface area contributed by atoms with Gasteiger partial charge in [-0.05, 0) is 61.0 Å². The van der Waals surface area contributed by atoms with Gasteiger partial charge in [0.25, 0.3) is 5.91 Å². The van der Waals surface area contributed by atoms with E-state index in [9.17, 15) is 23.1 Å². The number of nitrogens with two attached hydrogens (primary N) is 1. The highest BCUT2D eigenvalue weighted by Crippen LogP contribution is 2.31. The summed E-state index contributed by atoms with van der Waals surface area (Å²) >= 11 is 0. The van der Waals surface area contributed by atoms with Crippen LogP contribution >= 0.6 is 0 Å². The molecule has 3 aromatic rings. The Labute approximate surface area is 215 Å². The van der Waals surface area contributed by atoms with Crippen LogP contribution in [0.3, 0.4) is 0 Å². The van der Waals surface area contributed by atoms with E-state index in [-0.39, 0.29) is 17.5 Å². The van der Waals surface area contributed by atoms with Crippen molar-refractivity contribution in [1.82, 2.24) is 5.43 Å². The molecule has 8 N–H and O–H groups in total. The molecule has 0 aliphatic heterocycles. The molecule has 0 aromatic heterocycles. The van der Waals surface area contributed by atoms with Gasteiger partial charge in [-0.25, -0.2) is 4.79 Å². The van der Waals surface area contributed by atoms with E-state index in [0.29, 0.717) is 29.2 Å². The molecule has 3 rings (SSSR count). The second-order valence-corrected chi connectivity index (χ2v) is 7.51. The standard InChI is InChI=1S/C23H25N5O3.C2HF3O2/c1-2-31-20-14-16(10-13-19(20)29)21(23(30)28-27-18-6-4-3-5-7-18)26-17-11-8-15(9-12-17)22(24)25;3-2(4,5)1(6)7/h3-14,21,26-27,29H,2H2,1H3,(H3,24,25)(H,28,30);(H,6,7). The number of amides is 1. The number of phenolic OH excluding ortho intramolecular Hbond substituents is 1. The molecule has 0 aliphatic rings. The summed E-state index contributed by atoms with van der Waals surface area (Å²) in [4.78, 5) is 22.0. The summed E-state index contributed by atoms with van der Waals surface area (Å²) in [5, 5.41) is 27.8. The minimum atomic E-state index is -5.08. The molecule has 1 atom stereocenters. The molecule has 0 spiro atoms. The number of aromatic hydroxyl groups is 1. The molecule has 1 unspecified atom stereocenters. The van der Waals surface area contributed by atoms with Crippen molar-refractivity contribution in [2.75, 3.05) is 17.3 Å². The molecule has 1 amide bonds. The molecular formula is C25H26F3N5O5. The van der Waals surface area contributed by atoms with E-state index in [1.54, 1.807) is 36.4 Å². The van der Waals surface area contributed by atoms with Crippen LogP contribution in [0, 0.1) is 5.41 Å². The zero-order chi connectivity index (χ0) is 28.3. The van der Waals surface area contributed by atoms with Crippen molar-refractivity contribution in [3.05, 3.63) is 83.9 Å². The average molecular weight is 534 g/mol. The molecule has 0 saturated carbocycles. The maximum Gasteiger partial charge on any atom is 0.490 e. The Hall–Kier alpha value is -4.94. The number of anilines is 2. The number of ether oxygens (including phenoxy) is 1. The van der Waals surface area contributed by atoms with Gasteiger partial charge in [0.15, 0.2) is 11.5 Å². The number of halogens is 3. The van der Waals surface area contributed by atoms with E-state index in [1.165, 1.54) is 6.07 Å². The maximum absolute atomic E-state index is 13.1. The minimum Gasteiger partial charge on any atom is -0.504 e. The van der Waals surface area contributed by atoms with Crippen molar-refractivity contribution in [2.45, 2.75) is 19.1 Å². The number of hydrogen-bond donors (Lipinski definition) is 7. The van der Waals surface area contributed by atoms with Crippen LogP contribution in [-0.4, -0.2) is 40.7 Å². The number of carbonyl (C=O) groups excluding carboxylic acids is 1. The monoisotopic (exact) mass is 533 g/mol. The van der Waals surface area contributed by atoms with Gasteiger partial charge in [-0.2, -0.15) is 13.2 Å². The van der Waals surface area contributed by atoms with Gasteiger partial charge in [-0.15, -0.1) is 0 Å². The number of rotatable bonds is 9. The lowest BCUT2D eigenvalue weighted by Gasteiger charge is -2.21. The first-order valence-corrected chi connectivity index (χ1v) is 11.0.